The van der Waals surface area contributed by atoms with Crippen molar-refractivity contribution in [2.45, 2.75) is 45.6 Å². The molecule has 0 atom stereocenters. The zero-order valence-corrected chi connectivity index (χ0v) is 10.8. The molecule has 2 N–H and O–H groups in total. The van der Waals surface area contributed by atoms with E-state index in [0.29, 0.717) is 0 Å². The maximum Gasteiger partial charge on any atom is 0.135 e. The summed E-state index contributed by atoms with van der Waals surface area (Å²) >= 11 is 2.21. The van der Waals surface area contributed by atoms with Gasteiger partial charge >= 0.3 is 0 Å². The minimum Gasteiger partial charge on any atom is -0.383 e. The van der Waals surface area contributed by atoms with Gasteiger partial charge in [0.2, 0.25) is 0 Å². The van der Waals surface area contributed by atoms with Gasteiger partial charge in [-0.1, -0.05) is 32.6 Å². The van der Waals surface area contributed by atoms with E-state index < -0.39 is 0 Å². The number of rotatable bonds is 6. The quantitative estimate of drug-likeness (QED) is 0.648. The molecule has 80 valence electrons. The molecule has 0 fully saturated rings. The summed E-state index contributed by atoms with van der Waals surface area (Å²) in [6, 6.07) is 0. The van der Waals surface area contributed by atoms with E-state index in [4.69, 9.17) is 5.73 Å². The predicted octanol–water partition coefficient (Wildman–Crippen LogP) is 3.04. The molecule has 0 aliphatic carbocycles. The Balaban J connectivity index is 2.21. The lowest BCUT2D eigenvalue weighted by molar-refractivity contribution is 0.538. The molecule has 0 radical (unpaired) electrons. The van der Waals surface area contributed by atoms with E-state index in [-0.39, 0.29) is 0 Å². The summed E-state index contributed by atoms with van der Waals surface area (Å²) < 4.78 is 2.95. The number of hydrogen-bond donors (Lipinski definition) is 1. The molecule has 1 rings (SSSR count). The first-order valence-corrected chi connectivity index (χ1v) is 6.30. The molecule has 0 amide bonds. The maximum absolute atomic E-state index is 5.84. The highest BCUT2D eigenvalue weighted by Gasteiger charge is 2.02. The molecule has 0 saturated heterocycles. The van der Waals surface area contributed by atoms with Crippen LogP contribution in [0, 0.1) is 3.57 Å². The average molecular weight is 307 g/mol. The summed E-state index contributed by atoms with van der Waals surface area (Å²) in [5, 5.41) is 4.22. The normalized spacial score (nSPS) is 10.7. The Hall–Kier alpha value is -0.260. The molecule has 0 saturated carbocycles. The van der Waals surface area contributed by atoms with Crippen molar-refractivity contribution in [2.75, 3.05) is 5.73 Å². The van der Waals surface area contributed by atoms with Gasteiger partial charge in [0.1, 0.15) is 5.82 Å². The molecule has 0 bridgehead atoms. The Morgan fingerprint density at radius 2 is 2.07 bits per heavy atom. The van der Waals surface area contributed by atoms with Crippen molar-refractivity contribution in [1.82, 2.24) is 9.78 Å². The monoisotopic (exact) mass is 307 g/mol. The van der Waals surface area contributed by atoms with Gasteiger partial charge in [-0.25, -0.2) is 4.68 Å². The van der Waals surface area contributed by atoms with E-state index in [1.165, 1.54) is 32.1 Å². The summed E-state index contributed by atoms with van der Waals surface area (Å²) in [6.07, 6.45) is 8.25. The largest absolute Gasteiger partial charge is 0.383 e. The standard InChI is InChI=1S/C10H18IN3/c1-2-3-4-5-6-7-14-10(12)9(11)8-13-14/h8H,2-7,12H2,1H3. The third-order valence-corrected chi connectivity index (χ3v) is 3.14. The molecule has 4 heteroatoms. The second-order valence-electron chi connectivity index (χ2n) is 3.52. The van der Waals surface area contributed by atoms with Crippen molar-refractivity contribution < 1.29 is 0 Å². The van der Waals surface area contributed by atoms with Crippen molar-refractivity contribution >= 4 is 28.4 Å². The molecule has 0 aliphatic heterocycles. The molecule has 0 aliphatic rings. The van der Waals surface area contributed by atoms with Gasteiger partial charge in [-0.05, 0) is 29.0 Å². The Morgan fingerprint density at radius 1 is 1.36 bits per heavy atom. The van der Waals surface area contributed by atoms with Crippen LogP contribution in [0.4, 0.5) is 5.82 Å². The fourth-order valence-corrected chi connectivity index (χ4v) is 1.82. The number of aromatic nitrogens is 2. The predicted molar refractivity (Wildman–Crippen MR) is 68.1 cm³/mol. The molecule has 3 nitrogen and oxygen atoms in total. The third kappa shape index (κ3) is 3.48. The van der Waals surface area contributed by atoms with Gasteiger partial charge in [0.25, 0.3) is 0 Å². The van der Waals surface area contributed by atoms with Gasteiger partial charge in [-0.15, -0.1) is 0 Å². The Bertz CT molecular complexity index is 270. The molecule has 0 unspecified atom stereocenters. The zero-order valence-electron chi connectivity index (χ0n) is 8.67. The number of nitrogen functional groups attached to an aromatic ring is 1. The number of unbranched alkanes of at least 4 members (excludes halogenated alkanes) is 4. The highest BCUT2D eigenvalue weighted by atomic mass is 127. The van der Waals surface area contributed by atoms with Gasteiger partial charge in [0.05, 0.1) is 9.77 Å². The van der Waals surface area contributed by atoms with Gasteiger partial charge in [-0.3, -0.25) is 0 Å². The van der Waals surface area contributed by atoms with E-state index in [1.54, 1.807) is 0 Å². The molecular weight excluding hydrogens is 289 g/mol. The fraction of sp³-hybridized carbons (Fsp3) is 0.700. The SMILES string of the molecule is CCCCCCCn1ncc(I)c1N. The van der Waals surface area contributed by atoms with Crippen LogP contribution in [0.5, 0.6) is 0 Å². The lowest BCUT2D eigenvalue weighted by Gasteiger charge is -2.03. The topological polar surface area (TPSA) is 43.8 Å². The van der Waals surface area contributed by atoms with Crippen molar-refractivity contribution in [3.05, 3.63) is 9.77 Å². The minimum absolute atomic E-state index is 0.807. The van der Waals surface area contributed by atoms with E-state index in [0.717, 1.165) is 15.9 Å². The fourth-order valence-electron chi connectivity index (χ4n) is 1.42. The van der Waals surface area contributed by atoms with Gasteiger partial charge in [0.15, 0.2) is 0 Å². The van der Waals surface area contributed by atoms with Crippen molar-refractivity contribution in [2.24, 2.45) is 0 Å². The van der Waals surface area contributed by atoms with Crippen LogP contribution in [0.25, 0.3) is 0 Å². The summed E-state index contributed by atoms with van der Waals surface area (Å²) in [7, 11) is 0. The number of halogens is 1. The molecule has 1 aromatic heterocycles. The van der Waals surface area contributed by atoms with E-state index in [9.17, 15) is 0 Å². The molecule has 0 spiro atoms. The highest BCUT2D eigenvalue weighted by molar-refractivity contribution is 14.1. The minimum atomic E-state index is 0.807. The van der Waals surface area contributed by atoms with Gasteiger partial charge < -0.3 is 5.73 Å². The molecular formula is C10H18IN3. The number of nitrogens with zero attached hydrogens (tertiary/aromatic N) is 2. The number of hydrogen-bond acceptors (Lipinski definition) is 2. The lowest BCUT2D eigenvalue weighted by Crippen LogP contribution is -2.05. The molecule has 14 heavy (non-hydrogen) atoms. The van der Waals surface area contributed by atoms with Crippen molar-refractivity contribution in [3.8, 4) is 0 Å². The molecule has 1 aromatic rings. The molecule has 1 heterocycles. The second kappa shape index (κ2) is 6.27. The highest BCUT2D eigenvalue weighted by Crippen LogP contribution is 2.14. The number of nitrogens with two attached hydrogens (primary N) is 1. The smallest absolute Gasteiger partial charge is 0.135 e. The van der Waals surface area contributed by atoms with Gasteiger partial charge in [-0.2, -0.15) is 5.10 Å². The Kier molecular flexibility index (Phi) is 5.29. The van der Waals surface area contributed by atoms with Crippen molar-refractivity contribution in [3.63, 3.8) is 0 Å². The Morgan fingerprint density at radius 3 is 2.64 bits per heavy atom. The summed E-state index contributed by atoms with van der Waals surface area (Å²) in [4.78, 5) is 0. The summed E-state index contributed by atoms with van der Waals surface area (Å²) in [5.41, 5.74) is 5.84. The van der Waals surface area contributed by atoms with E-state index >= 15 is 0 Å². The van der Waals surface area contributed by atoms with Crippen LogP contribution in [0.3, 0.4) is 0 Å². The van der Waals surface area contributed by atoms with Crippen LogP contribution >= 0.6 is 22.6 Å². The maximum atomic E-state index is 5.84. The first-order chi connectivity index (χ1) is 6.75. The summed E-state index contributed by atoms with van der Waals surface area (Å²) in [5.74, 6) is 0.807. The number of anilines is 1. The first kappa shape index (κ1) is 11.8. The van der Waals surface area contributed by atoms with Crippen molar-refractivity contribution in [1.29, 1.82) is 0 Å². The van der Waals surface area contributed by atoms with Crippen LogP contribution in [-0.4, -0.2) is 9.78 Å². The third-order valence-electron chi connectivity index (χ3n) is 2.31. The van der Waals surface area contributed by atoms with Crippen LogP contribution in [0.15, 0.2) is 6.20 Å². The van der Waals surface area contributed by atoms with Gasteiger partial charge in [0, 0.05) is 6.54 Å². The van der Waals surface area contributed by atoms with Crippen LogP contribution in [-0.2, 0) is 6.54 Å². The molecule has 0 aromatic carbocycles. The number of aryl methyl sites for hydroxylation is 1. The van der Waals surface area contributed by atoms with Crippen LogP contribution < -0.4 is 5.73 Å². The van der Waals surface area contributed by atoms with E-state index in [2.05, 4.69) is 34.6 Å². The van der Waals surface area contributed by atoms with Crippen LogP contribution in [0.2, 0.25) is 0 Å². The first-order valence-electron chi connectivity index (χ1n) is 5.22. The average Bonchev–Trinajstić information content (AvgIpc) is 2.49. The zero-order chi connectivity index (χ0) is 10.4. The van der Waals surface area contributed by atoms with Crippen LogP contribution in [0.1, 0.15) is 39.0 Å². The Labute approximate surface area is 99.2 Å². The van der Waals surface area contributed by atoms with E-state index in [1.807, 2.05) is 10.9 Å². The second-order valence-corrected chi connectivity index (χ2v) is 4.68. The summed E-state index contributed by atoms with van der Waals surface area (Å²) in [6.45, 7) is 3.19. The lowest BCUT2D eigenvalue weighted by atomic mass is 10.1.